The summed E-state index contributed by atoms with van der Waals surface area (Å²) in [5.74, 6) is 1.51. The monoisotopic (exact) mass is 397 g/mol. The molecule has 0 amide bonds. The van der Waals surface area contributed by atoms with Gasteiger partial charge in [-0.05, 0) is 48.0 Å². The Morgan fingerprint density at radius 2 is 1.85 bits per heavy atom. The van der Waals surface area contributed by atoms with Crippen molar-refractivity contribution >= 4 is 23.2 Å². The van der Waals surface area contributed by atoms with Crippen LogP contribution in [0, 0.1) is 0 Å². The Morgan fingerprint density at radius 1 is 0.926 bits per heavy atom. The van der Waals surface area contributed by atoms with Gasteiger partial charge in [0.2, 0.25) is 5.82 Å². The van der Waals surface area contributed by atoms with E-state index in [9.17, 15) is 0 Å². The van der Waals surface area contributed by atoms with Gasteiger partial charge >= 0.3 is 0 Å². The standard InChI is InChI=1S/C20H13Cl2N3O2/c21-16-8-7-13(10-17(16)22)12-26-15-5-3-4-14(11-15)20-24-19(25-27-20)18-6-1-2-9-23-18/h1-11H,12H2. The normalized spacial score (nSPS) is 10.7. The fourth-order valence-electron chi connectivity index (χ4n) is 2.45. The zero-order valence-corrected chi connectivity index (χ0v) is 15.5. The van der Waals surface area contributed by atoms with Crippen LogP contribution in [0.1, 0.15) is 5.56 Å². The Kier molecular flexibility index (Phi) is 5.05. The zero-order valence-electron chi connectivity index (χ0n) is 14.0. The van der Waals surface area contributed by atoms with Crippen LogP contribution in [0.3, 0.4) is 0 Å². The number of hydrogen-bond acceptors (Lipinski definition) is 5. The largest absolute Gasteiger partial charge is 0.489 e. The zero-order chi connectivity index (χ0) is 18.6. The van der Waals surface area contributed by atoms with E-state index < -0.39 is 0 Å². The summed E-state index contributed by atoms with van der Waals surface area (Å²) in [4.78, 5) is 8.62. The molecule has 2 aromatic carbocycles. The van der Waals surface area contributed by atoms with Gasteiger partial charge in [-0.1, -0.05) is 46.6 Å². The molecular weight excluding hydrogens is 385 g/mol. The first-order valence-electron chi connectivity index (χ1n) is 8.11. The SMILES string of the molecule is Clc1ccc(COc2cccc(-c3nc(-c4ccccn4)no3)c2)cc1Cl. The third kappa shape index (κ3) is 4.10. The van der Waals surface area contributed by atoms with E-state index >= 15 is 0 Å². The van der Waals surface area contributed by atoms with Gasteiger partial charge < -0.3 is 9.26 Å². The van der Waals surface area contributed by atoms with E-state index in [2.05, 4.69) is 15.1 Å². The minimum absolute atomic E-state index is 0.364. The van der Waals surface area contributed by atoms with Crippen LogP contribution in [0.25, 0.3) is 23.0 Å². The second kappa shape index (κ2) is 7.78. The van der Waals surface area contributed by atoms with Crippen LogP contribution >= 0.6 is 23.2 Å². The first-order chi connectivity index (χ1) is 13.2. The number of benzene rings is 2. The van der Waals surface area contributed by atoms with Gasteiger partial charge in [0.1, 0.15) is 18.1 Å². The molecule has 27 heavy (non-hydrogen) atoms. The number of hydrogen-bond donors (Lipinski definition) is 0. The molecule has 0 saturated carbocycles. The average molecular weight is 398 g/mol. The summed E-state index contributed by atoms with van der Waals surface area (Å²) in [5.41, 5.74) is 2.33. The predicted octanol–water partition coefficient (Wildman–Crippen LogP) is 5.68. The highest BCUT2D eigenvalue weighted by Crippen LogP contribution is 2.26. The third-order valence-electron chi connectivity index (χ3n) is 3.79. The molecule has 0 aliphatic heterocycles. The molecule has 4 aromatic rings. The van der Waals surface area contributed by atoms with Crippen molar-refractivity contribution in [3.8, 4) is 28.7 Å². The molecule has 0 saturated heterocycles. The lowest BCUT2D eigenvalue weighted by Gasteiger charge is -2.08. The highest BCUT2D eigenvalue weighted by molar-refractivity contribution is 6.42. The van der Waals surface area contributed by atoms with Crippen LogP contribution in [0.4, 0.5) is 0 Å². The fraction of sp³-hybridized carbons (Fsp3) is 0.0500. The topological polar surface area (TPSA) is 61.0 Å². The summed E-state index contributed by atoms with van der Waals surface area (Å²) in [6.45, 7) is 0.364. The molecule has 2 aromatic heterocycles. The molecule has 0 fully saturated rings. The first-order valence-corrected chi connectivity index (χ1v) is 8.87. The molecule has 0 N–H and O–H groups in total. The number of pyridine rings is 1. The van der Waals surface area contributed by atoms with Crippen molar-refractivity contribution in [2.75, 3.05) is 0 Å². The van der Waals surface area contributed by atoms with E-state index in [0.29, 0.717) is 39.8 Å². The first kappa shape index (κ1) is 17.5. The van der Waals surface area contributed by atoms with Crippen molar-refractivity contribution in [2.24, 2.45) is 0 Å². The molecule has 0 spiro atoms. The van der Waals surface area contributed by atoms with Crippen molar-refractivity contribution in [3.63, 3.8) is 0 Å². The summed E-state index contributed by atoms with van der Waals surface area (Å²) in [6.07, 6.45) is 1.68. The van der Waals surface area contributed by atoms with E-state index in [1.54, 1.807) is 18.3 Å². The van der Waals surface area contributed by atoms with Gasteiger partial charge in [0.15, 0.2) is 0 Å². The third-order valence-corrected chi connectivity index (χ3v) is 4.53. The van der Waals surface area contributed by atoms with Crippen LogP contribution in [-0.4, -0.2) is 15.1 Å². The molecule has 0 aliphatic rings. The maximum atomic E-state index is 6.03. The number of nitrogens with zero attached hydrogens (tertiary/aromatic N) is 3. The molecule has 134 valence electrons. The summed E-state index contributed by atoms with van der Waals surface area (Å²) < 4.78 is 11.2. The van der Waals surface area contributed by atoms with Gasteiger partial charge in [-0.2, -0.15) is 4.98 Å². The Labute approximate surface area is 165 Å². The number of aromatic nitrogens is 3. The quantitative estimate of drug-likeness (QED) is 0.433. The molecular formula is C20H13Cl2N3O2. The molecule has 5 nitrogen and oxygen atoms in total. The average Bonchev–Trinajstić information content (AvgIpc) is 3.20. The molecule has 4 rings (SSSR count). The van der Waals surface area contributed by atoms with Gasteiger partial charge in [-0.3, -0.25) is 4.98 Å². The molecule has 0 radical (unpaired) electrons. The Bertz CT molecular complexity index is 1070. The molecule has 0 bridgehead atoms. The molecule has 0 aliphatic carbocycles. The lowest BCUT2D eigenvalue weighted by atomic mass is 10.2. The minimum atomic E-state index is 0.364. The fourth-order valence-corrected chi connectivity index (χ4v) is 2.78. The summed E-state index contributed by atoms with van der Waals surface area (Å²) in [5, 5.41) is 5.00. The number of rotatable bonds is 5. The lowest BCUT2D eigenvalue weighted by molar-refractivity contribution is 0.306. The summed E-state index contributed by atoms with van der Waals surface area (Å²) in [7, 11) is 0. The molecule has 0 atom stereocenters. The van der Waals surface area contributed by atoms with Crippen LogP contribution < -0.4 is 4.74 Å². The van der Waals surface area contributed by atoms with Crippen molar-refractivity contribution in [3.05, 3.63) is 82.5 Å². The van der Waals surface area contributed by atoms with Crippen molar-refractivity contribution in [2.45, 2.75) is 6.61 Å². The second-order valence-electron chi connectivity index (χ2n) is 5.70. The van der Waals surface area contributed by atoms with Gasteiger partial charge in [0.05, 0.1) is 10.0 Å². The molecule has 2 heterocycles. The Hall–Kier alpha value is -2.89. The van der Waals surface area contributed by atoms with E-state index in [4.69, 9.17) is 32.5 Å². The van der Waals surface area contributed by atoms with Gasteiger partial charge in [-0.25, -0.2) is 0 Å². The Morgan fingerprint density at radius 3 is 2.67 bits per heavy atom. The van der Waals surface area contributed by atoms with E-state index in [0.717, 1.165) is 11.1 Å². The molecule has 0 unspecified atom stereocenters. The van der Waals surface area contributed by atoms with E-state index in [1.807, 2.05) is 48.5 Å². The smallest absolute Gasteiger partial charge is 0.258 e. The van der Waals surface area contributed by atoms with E-state index in [1.165, 1.54) is 0 Å². The van der Waals surface area contributed by atoms with E-state index in [-0.39, 0.29) is 0 Å². The number of halogens is 2. The predicted molar refractivity (Wildman–Crippen MR) is 104 cm³/mol. The highest BCUT2D eigenvalue weighted by Gasteiger charge is 2.12. The van der Waals surface area contributed by atoms with Crippen molar-refractivity contribution in [1.29, 1.82) is 0 Å². The van der Waals surface area contributed by atoms with Gasteiger partial charge in [0.25, 0.3) is 5.89 Å². The van der Waals surface area contributed by atoms with Crippen LogP contribution in [0.2, 0.25) is 10.0 Å². The lowest BCUT2D eigenvalue weighted by Crippen LogP contribution is -1.95. The van der Waals surface area contributed by atoms with Crippen LogP contribution in [-0.2, 0) is 6.61 Å². The summed E-state index contributed by atoms with van der Waals surface area (Å²) in [6, 6.07) is 18.4. The summed E-state index contributed by atoms with van der Waals surface area (Å²) >= 11 is 12.0. The minimum Gasteiger partial charge on any atom is -0.489 e. The van der Waals surface area contributed by atoms with Crippen molar-refractivity contribution in [1.82, 2.24) is 15.1 Å². The van der Waals surface area contributed by atoms with Crippen LogP contribution in [0.15, 0.2) is 71.4 Å². The maximum absolute atomic E-state index is 6.03. The van der Waals surface area contributed by atoms with Crippen LogP contribution in [0.5, 0.6) is 5.75 Å². The highest BCUT2D eigenvalue weighted by atomic mass is 35.5. The second-order valence-corrected chi connectivity index (χ2v) is 6.52. The number of ether oxygens (including phenoxy) is 1. The van der Waals surface area contributed by atoms with Crippen molar-refractivity contribution < 1.29 is 9.26 Å². The molecule has 7 heteroatoms. The van der Waals surface area contributed by atoms with Gasteiger partial charge in [-0.15, -0.1) is 0 Å². The maximum Gasteiger partial charge on any atom is 0.258 e. The van der Waals surface area contributed by atoms with Gasteiger partial charge in [0, 0.05) is 11.8 Å². The Balaban J connectivity index is 1.51.